The van der Waals surface area contributed by atoms with Gasteiger partial charge in [-0.05, 0) is 37.3 Å². The predicted octanol–water partition coefficient (Wildman–Crippen LogP) is 4.12. The molecule has 3 aromatic rings. The van der Waals surface area contributed by atoms with Crippen molar-refractivity contribution >= 4 is 28.3 Å². The minimum absolute atomic E-state index is 0.636. The first-order valence-electron chi connectivity index (χ1n) is 8.50. The van der Waals surface area contributed by atoms with Gasteiger partial charge < -0.3 is 19.4 Å². The van der Waals surface area contributed by atoms with Gasteiger partial charge in [-0.15, -0.1) is 0 Å². The summed E-state index contributed by atoms with van der Waals surface area (Å²) >= 11 is 6.25. The molecule has 5 nitrogen and oxygen atoms in total. The van der Waals surface area contributed by atoms with E-state index in [9.17, 15) is 0 Å². The monoisotopic (exact) mass is 357 g/mol. The standard InChI is InChI=1S/C19H20ClN3O2/c1-2-25-17-7-6-13(12-16(17)23-8-10-24-11-9-23)19-21-15-5-3-4-14(20)18(15)22-19/h3-7,12H,2,8-11H2,1H3,(H,21,22). The number of imidazole rings is 1. The van der Waals surface area contributed by atoms with Crippen LogP contribution in [0.1, 0.15) is 6.92 Å². The summed E-state index contributed by atoms with van der Waals surface area (Å²) in [5.41, 5.74) is 3.82. The zero-order chi connectivity index (χ0) is 17.2. The van der Waals surface area contributed by atoms with Gasteiger partial charge in [0.25, 0.3) is 0 Å². The molecule has 0 aliphatic carbocycles. The average Bonchev–Trinajstić information content (AvgIpc) is 3.09. The van der Waals surface area contributed by atoms with E-state index in [0.29, 0.717) is 11.6 Å². The van der Waals surface area contributed by atoms with E-state index in [4.69, 9.17) is 21.1 Å². The van der Waals surface area contributed by atoms with Crippen LogP contribution in [0.4, 0.5) is 5.69 Å². The van der Waals surface area contributed by atoms with Crippen LogP contribution >= 0.6 is 11.6 Å². The maximum Gasteiger partial charge on any atom is 0.142 e. The van der Waals surface area contributed by atoms with E-state index in [2.05, 4.69) is 20.9 Å². The Morgan fingerprint density at radius 2 is 2.08 bits per heavy atom. The van der Waals surface area contributed by atoms with E-state index in [1.807, 2.05) is 37.3 Å². The van der Waals surface area contributed by atoms with Crippen LogP contribution in [0.25, 0.3) is 22.4 Å². The number of anilines is 1. The summed E-state index contributed by atoms with van der Waals surface area (Å²) in [6.45, 7) is 5.81. The molecule has 2 aromatic carbocycles. The van der Waals surface area contributed by atoms with Gasteiger partial charge in [0, 0.05) is 18.7 Å². The number of morpholine rings is 1. The number of H-pyrrole nitrogens is 1. The van der Waals surface area contributed by atoms with Gasteiger partial charge in [-0.3, -0.25) is 0 Å². The van der Waals surface area contributed by atoms with Crippen LogP contribution in [-0.4, -0.2) is 42.9 Å². The van der Waals surface area contributed by atoms with Crippen molar-refractivity contribution in [2.45, 2.75) is 6.92 Å². The highest BCUT2D eigenvalue weighted by atomic mass is 35.5. The molecule has 25 heavy (non-hydrogen) atoms. The second-order valence-corrected chi connectivity index (χ2v) is 6.34. The molecule has 0 spiro atoms. The Balaban J connectivity index is 1.77. The molecule has 0 atom stereocenters. The van der Waals surface area contributed by atoms with Crippen LogP contribution in [0.5, 0.6) is 5.75 Å². The van der Waals surface area contributed by atoms with Crippen LogP contribution in [0.3, 0.4) is 0 Å². The Hall–Kier alpha value is -2.24. The molecule has 1 fully saturated rings. The van der Waals surface area contributed by atoms with Gasteiger partial charge >= 0.3 is 0 Å². The number of nitrogens with one attached hydrogen (secondary N) is 1. The lowest BCUT2D eigenvalue weighted by atomic mass is 10.1. The number of hydrogen-bond acceptors (Lipinski definition) is 4. The largest absolute Gasteiger partial charge is 0.492 e. The molecule has 0 radical (unpaired) electrons. The van der Waals surface area contributed by atoms with E-state index in [1.165, 1.54) is 0 Å². The highest BCUT2D eigenvalue weighted by molar-refractivity contribution is 6.35. The van der Waals surface area contributed by atoms with Crippen molar-refractivity contribution in [3.8, 4) is 17.1 Å². The molecule has 0 unspecified atom stereocenters. The summed E-state index contributed by atoms with van der Waals surface area (Å²) in [5, 5.41) is 0.652. The maximum absolute atomic E-state index is 6.25. The Labute approximate surface area is 151 Å². The fourth-order valence-corrected chi connectivity index (χ4v) is 3.34. The maximum atomic E-state index is 6.25. The number of fused-ring (bicyclic) bond motifs is 1. The van der Waals surface area contributed by atoms with Crippen molar-refractivity contribution in [1.29, 1.82) is 0 Å². The minimum atomic E-state index is 0.636. The van der Waals surface area contributed by atoms with E-state index in [1.54, 1.807) is 0 Å². The number of para-hydroxylation sites is 1. The van der Waals surface area contributed by atoms with Crippen molar-refractivity contribution in [1.82, 2.24) is 9.97 Å². The van der Waals surface area contributed by atoms with Crippen molar-refractivity contribution in [2.75, 3.05) is 37.8 Å². The third-order valence-electron chi connectivity index (χ3n) is 4.35. The van der Waals surface area contributed by atoms with Crippen LogP contribution in [0.15, 0.2) is 36.4 Å². The van der Waals surface area contributed by atoms with Gasteiger partial charge in [0.05, 0.1) is 36.0 Å². The highest BCUT2D eigenvalue weighted by Gasteiger charge is 2.18. The molecule has 0 amide bonds. The van der Waals surface area contributed by atoms with Crippen molar-refractivity contribution in [2.24, 2.45) is 0 Å². The Morgan fingerprint density at radius 3 is 2.84 bits per heavy atom. The molecule has 1 saturated heterocycles. The molecule has 4 rings (SSSR count). The number of nitrogens with zero attached hydrogens (tertiary/aromatic N) is 2. The topological polar surface area (TPSA) is 50.4 Å². The number of ether oxygens (including phenoxy) is 2. The average molecular weight is 358 g/mol. The number of aromatic amines is 1. The molecule has 1 aromatic heterocycles. The SMILES string of the molecule is CCOc1ccc(-c2nc3c(Cl)cccc3[nH]2)cc1N1CCOCC1. The first kappa shape index (κ1) is 16.2. The first-order valence-corrected chi connectivity index (χ1v) is 8.88. The molecule has 1 aliphatic heterocycles. The van der Waals surface area contributed by atoms with Gasteiger partial charge in [-0.1, -0.05) is 17.7 Å². The summed E-state index contributed by atoms with van der Waals surface area (Å²) in [5.74, 6) is 1.70. The van der Waals surface area contributed by atoms with Gasteiger partial charge in [-0.2, -0.15) is 0 Å². The van der Waals surface area contributed by atoms with Crippen LogP contribution in [-0.2, 0) is 4.74 Å². The third kappa shape index (κ3) is 3.17. The molecule has 0 saturated carbocycles. The third-order valence-corrected chi connectivity index (χ3v) is 4.65. The van der Waals surface area contributed by atoms with Gasteiger partial charge in [0.2, 0.25) is 0 Å². The number of hydrogen-bond donors (Lipinski definition) is 1. The van der Waals surface area contributed by atoms with E-state index in [0.717, 1.165) is 60.2 Å². The predicted molar refractivity (Wildman–Crippen MR) is 101 cm³/mol. The molecule has 2 heterocycles. The lowest BCUT2D eigenvalue weighted by Crippen LogP contribution is -2.36. The molecule has 1 aliphatic rings. The lowest BCUT2D eigenvalue weighted by molar-refractivity contribution is 0.122. The van der Waals surface area contributed by atoms with Gasteiger partial charge in [0.15, 0.2) is 0 Å². The second-order valence-electron chi connectivity index (χ2n) is 5.94. The molecular weight excluding hydrogens is 338 g/mol. The van der Waals surface area contributed by atoms with Crippen LogP contribution in [0, 0.1) is 0 Å². The second kappa shape index (κ2) is 6.94. The zero-order valence-electron chi connectivity index (χ0n) is 14.1. The molecule has 0 bridgehead atoms. The Morgan fingerprint density at radius 1 is 1.24 bits per heavy atom. The number of aromatic nitrogens is 2. The fraction of sp³-hybridized carbons (Fsp3) is 0.316. The Bertz CT molecular complexity index is 888. The van der Waals surface area contributed by atoms with Crippen LogP contribution in [0.2, 0.25) is 5.02 Å². The normalized spacial score (nSPS) is 14.9. The van der Waals surface area contributed by atoms with E-state index in [-0.39, 0.29) is 0 Å². The number of rotatable bonds is 4. The van der Waals surface area contributed by atoms with E-state index < -0.39 is 0 Å². The molecule has 6 heteroatoms. The quantitative estimate of drug-likeness (QED) is 0.763. The number of benzene rings is 2. The fourth-order valence-electron chi connectivity index (χ4n) is 3.13. The summed E-state index contributed by atoms with van der Waals surface area (Å²) in [4.78, 5) is 10.3. The highest BCUT2D eigenvalue weighted by Crippen LogP contribution is 2.34. The smallest absolute Gasteiger partial charge is 0.142 e. The first-order chi connectivity index (χ1) is 12.3. The molecular formula is C19H20ClN3O2. The summed E-state index contributed by atoms with van der Waals surface area (Å²) in [6, 6.07) is 11.9. The van der Waals surface area contributed by atoms with Gasteiger partial charge in [0.1, 0.15) is 17.1 Å². The number of halogens is 1. The molecule has 130 valence electrons. The molecule has 1 N–H and O–H groups in total. The van der Waals surface area contributed by atoms with Crippen LogP contribution < -0.4 is 9.64 Å². The van der Waals surface area contributed by atoms with E-state index >= 15 is 0 Å². The van der Waals surface area contributed by atoms with Crippen molar-refractivity contribution in [3.63, 3.8) is 0 Å². The lowest BCUT2D eigenvalue weighted by Gasteiger charge is -2.30. The summed E-state index contributed by atoms with van der Waals surface area (Å²) in [6.07, 6.45) is 0. The summed E-state index contributed by atoms with van der Waals surface area (Å²) in [7, 11) is 0. The van der Waals surface area contributed by atoms with Gasteiger partial charge in [-0.25, -0.2) is 4.98 Å². The Kier molecular flexibility index (Phi) is 4.51. The summed E-state index contributed by atoms with van der Waals surface area (Å²) < 4.78 is 11.3. The van der Waals surface area contributed by atoms with Crippen molar-refractivity contribution in [3.05, 3.63) is 41.4 Å². The minimum Gasteiger partial charge on any atom is -0.492 e. The van der Waals surface area contributed by atoms with Crippen molar-refractivity contribution < 1.29 is 9.47 Å². The zero-order valence-corrected chi connectivity index (χ0v) is 14.8.